The van der Waals surface area contributed by atoms with Crippen LogP contribution in [0.5, 0.6) is 0 Å². The predicted molar refractivity (Wildman–Crippen MR) is 84.3 cm³/mol. The van der Waals surface area contributed by atoms with E-state index in [4.69, 9.17) is 11.6 Å². The Labute approximate surface area is 132 Å². The quantitative estimate of drug-likeness (QED) is 0.875. The van der Waals surface area contributed by atoms with Crippen LogP contribution in [0.1, 0.15) is 4.88 Å². The molecule has 0 aliphatic heterocycles. The van der Waals surface area contributed by atoms with Crippen molar-refractivity contribution in [3.8, 4) is 0 Å². The van der Waals surface area contributed by atoms with Gasteiger partial charge in [-0.15, -0.1) is 11.3 Å². The maximum absolute atomic E-state index is 11.9. The monoisotopic (exact) mass is 344 g/mol. The Bertz CT molecular complexity index is 739. The summed E-state index contributed by atoms with van der Waals surface area (Å²) in [7, 11) is -3.65. The Morgan fingerprint density at radius 2 is 1.86 bits per heavy atom. The third-order valence-electron chi connectivity index (χ3n) is 2.53. The zero-order valence-electron chi connectivity index (χ0n) is 11.1. The molecule has 0 fully saturated rings. The molecule has 0 saturated carbocycles. The Kier molecular flexibility index (Phi) is 5.00. The second kappa shape index (κ2) is 6.57. The molecular weight excluding hydrogens is 332 g/mol. The summed E-state index contributed by atoms with van der Waals surface area (Å²) in [5.74, 6) is -0.450. The van der Waals surface area contributed by atoms with Gasteiger partial charge in [-0.05, 0) is 43.3 Å². The van der Waals surface area contributed by atoms with Crippen molar-refractivity contribution in [2.75, 3.05) is 11.9 Å². The summed E-state index contributed by atoms with van der Waals surface area (Å²) in [6.07, 6.45) is 0. The number of halogens is 1. The molecule has 2 rings (SSSR count). The third-order valence-corrected chi connectivity index (χ3v) is 5.68. The number of carbonyl (C=O) groups excluding carboxylic acids is 1. The first-order chi connectivity index (χ1) is 9.87. The van der Waals surface area contributed by atoms with E-state index in [0.29, 0.717) is 10.7 Å². The summed E-state index contributed by atoms with van der Waals surface area (Å²) < 4.78 is 26.4. The average Bonchev–Trinajstić information content (AvgIpc) is 2.87. The summed E-state index contributed by atoms with van der Waals surface area (Å²) in [5, 5.41) is 3.13. The first kappa shape index (κ1) is 16.0. The highest BCUT2D eigenvalue weighted by atomic mass is 35.5. The van der Waals surface area contributed by atoms with Crippen LogP contribution >= 0.6 is 22.9 Å². The van der Waals surface area contributed by atoms with Crippen LogP contribution in [-0.2, 0) is 14.8 Å². The fourth-order valence-corrected chi connectivity index (χ4v) is 3.96. The molecule has 1 aromatic heterocycles. The van der Waals surface area contributed by atoms with Gasteiger partial charge in [-0.3, -0.25) is 4.79 Å². The van der Waals surface area contributed by atoms with E-state index >= 15 is 0 Å². The van der Waals surface area contributed by atoms with Crippen molar-refractivity contribution in [3.63, 3.8) is 0 Å². The van der Waals surface area contributed by atoms with Gasteiger partial charge in [-0.1, -0.05) is 11.6 Å². The topological polar surface area (TPSA) is 75.3 Å². The van der Waals surface area contributed by atoms with Crippen molar-refractivity contribution < 1.29 is 13.2 Å². The van der Waals surface area contributed by atoms with Gasteiger partial charge in [-0.25, -0.2) is 13.1 Å². The zero-order valence-corrected chi connectivity index (χ0v) is 13.5. The van der Waals surface area contributed by atoms with Crippen LogP contribution in [-0.4, -0.2) is 20.9 Å². The van der Waals surface area contributed by atoms with Crippen LogP contribution in [0.3, 0.4) is 0 Å². The van der Waals surface area contributed by atoms with Crippen LogP contribution < -0.4 is 10.0 Å². The normalized spacial score (nSPS) is 11.3. The second-order valence-corrected chi connectivity index (χ2v) is 7.96. The van der Waals surface area contributed by atoms with Gasteiger partial charge in [0.2, 0.25) is 5.91 Å². The van der Waals surface area contributed by atoms with Crippen LogP contribution in [0.2, 0.25) is 5.02 Å². The molecule has 21 heavy (non-hydrogen) atoms. The largest absolute Gasteiger partial charge is 0.325 e. The van der Waals surface area contributed by atoms with E-state index in [1.165, 1.54) is 6.07 Å². The van der Waals surface area contributed by atoms with Gasteiger partial charge in [0.1, 0.15) is 4.21 Å². The summed E-state index contributed by atoms with van der Waals surface area (Å²) in [6.45, 7) is 1.48. The standard InChI is InChI=1S/C13H13ClN2O3S2/c1-9-2-7-13(20-9)21(18,19)15-8-12(17)16-11-5-3-10(14)4-6-11/h2-7,15H,8H2,1H3,(H,16,17). The summed E-state index contributed by atoms with van der Waals surface area (Å²) >= 11 is 6.89. The smallest absolute Gasteiger partial charge is 0.250 e. The Morgan fingerprint density at radius 1 is 1.19 bits per heavy atom. The fraction of sp³-hybridized carbons (Fsp3) is 0.154. The minimum absolute atomic E-state index is 0.194. The Morgan fingerprint density at radius 3 is 2.43 bits per heavy atom. The Balaban J connectivity index is 1.93. The maximum atomic E-state index is 11.9. The summed E-state index contributed by atoms with van der Waals surface area (Å²) in [4.78, 5) is 12.6. The predicted octanol–water partition coefficient (Wildman–Crippen LogP) is 2.63. The van der Waals surface area contributed by atoms with Gasteiger partial charge in [0.15, 0.2) is 0 Å². The van der Waals surface area contributed by atoms with Gasteiger partial charge in [0, 0.05) is 15.6 Å². The molecule has 2 N–H and O–H groups in total. The minimum Gasteiger partial charge on any atom is -0.325 e. The lowest BCUT2D eigenvalue weighted by Gasteiger charge is -2.06. The van der Waals surface area contributed by atoms with Crippen LogP contribution in [0, 0.1) is 6.92 Å². The number of carbonyl (C=O) groups is 1. The van der Waals surface area contributed by atoms with E-state index < -0.39 is 15.9 Å². The molecule has 1 aromatic carbocycles. The summed E-state index contributed by atoms with van der Waals surface area (Å²) in [6, 6.07) is 9.77. The molecule has 0 atom stereocenters. The number of anilines is 1. The molecule has 0 bridgehead atoms. The molecule has 0 aliphatic rings. The van der Waals surface area contributed by atoms with Gasteiger partial charge < -0.3 is 5.32 Å². The van der Waals surface area contributed by atoms with Crippen LogP contribution in [0.4, 0.5) is 5.69 Å². The van der Waals surface area contributed by atoms with Crippen molar-refractivity contribution in [2.45, 2.75) is 11.1 Å². The Hall–Kier alpha value is -1.41. The van der Waals surface area contributed by atoms with E-state index in [2.05, 4.69) is 10.0 Å². The number of amides is 1. The molecule has 0 spiro atoms. The first-order valence-corrected chi connectivity index (χ1v) is 8.66. The molecule has 8 heteroatoms. The first-order valence-electron chi connectivity index (χ1n) is 5.98. The number of aryl methyl sites for hydroxylation is 1. The molecule has 0 saturated heterocycles. The van der Waals surface area contributed by atoms with E-state index in [0.717, 1.165) is 16.2 Å². The number of hydrogen-bond donors (Lipinski definition) is 2. The van der Waals surface area contributed by atoms with Crippen LogP contribution in [0.15, 0.2) is 40.6 Å². The molecule has 0 radical (unpaired) electrons. The molecule has 2 aromatic rings. The molecule has 5 nitrogen and oxygen atoms in total. The number of rotatable bonds is 5. The highest BCUT2D eigenvalue weighted by Gasteiger charge is 2.17. The van der Waals surface area contributed by atoms with E-state index in [-0.39, 0.29) is 10.8 Å². The number of sulfonamides is 1. The molecule has 1 heterocycles. The molecule has 0 unspecified atom stereocenters. The van der Waals surface area contributed by atoms with Crippen molar-refractivity contribution in [1.82, 2.24) is 4.72 Å². The van der Waals surface area contributed by atoms with Gasteiger partial charge in [0.25, 0.3) is 10.0 Å². The van der Waals surface area contributed by atoms with Crippen molar-refractivity contribution >= 4 is 44.6 Å². The number of thiophene rings is 1. The van der Waals surface area contributed by atoms with E-state index in [1.54, 1.807) is 30.3 Å². The fourth-order valence-electron chi connectivity index (χ4n) is 1.53. The van der Waals surface area contributed by atoms with E-state index in [1.807, 2.05) is 6.92 Å². The SMILES string of the molecule is Cc1ccc(S(=O)(=O)NCC(=O)Nc2ccc(Cl)cc2)s1. The van der Waals surface area contributed by atoms with Crippen molar-refractivity contribution in [1.29, 1.82) is 0 Å². The summed E-state index contributed by atoms with van der Waals surface area (Å²) in [5.41, 5.74) is 0.551. The van der Waals surface area contributed by atoms with Gasteiger partial charge >= 0.3 is 0 Å². The lowest BCUT2D eigenvalue weighted by atomic mass is 10.3. The number of benzene rings is 1. The van der Waals surface area contributed by atoms with Crippen LogP contribution in [0.25, 0.3) is 0 Å². The second-order valence-electron chi connectivity index (χ2n) is 4.24. The highest BCUT2D eigenvalue weighted by molar-refractivity contribution is 7.91. The highest BCUT2D eigenvalue weighted by Crippen LogP contribution is 2.20. The van der Waals surface area contributed by atoms with Crippen molar-refractivity contribution in [2.24, 2.45) is 0 Å². The number of nitrogens with one attached hydrogen (secondary N) is 2. The third kappa shape index (κ3) is 4.53. The molecule has 0 aliphatic carbocycles. The van der Waals surface area contributed by atoms with E-state index in [9.17, 15) is 13.2 Å². The molecule has 112 valence electrons. The van der Waals surface area contributed by atoms with Crippen molar-refractivity contribution in [3.05, 3.63) is 46.3 Å². The van der Waals surface area contributed by atoms with Gasteiger partial charge in [0.05, 0.1) is 6.54 Å². The van der Waals surface area contributed by atoms with Gasteiger partial charge in [-0.2, -0.15) is 0 Å². The minimum atomic E-state index is -3.65. The maximum Gasteiger partial charge on any atom is 0.250 e. The lowest BCUT2D eigenvalue weighted by molar-refractivity contribution is -0.115. The molecule has 1 amide bonds. The number of hydrogen-bond acceptors (Lipinski definition) is 4. The molecular formula is C13H13ClN2O3S2. The zero-order chi connectivity index (χ0) is 15.5. The average molecular weight is 345 g/mol. The lowest BCUT2D eigenvalue weighted by Crippen LogP contribution is -2.32.